The average molecular weight is 338 g/mol. The Morgan fingerprint density at radius 3 is 2.55 bits per heavy atom. The van der Waals surface area contributed by atoms with Crippen LogP contribution in [-0.2, 0) is 4.79 Å². The van der Waals surface area contributed by atoms with Crippen molar-refractivity contribution in [2.75, 3.05) is 5.32 Å². The van der Waals surface area contributed by atoms with E-state index in [0.29, 0.717) is 5.92 Å². The normalized spacial score (nSPS) is 17.4. The molecule has 1 aliphatic carbocycles. The summed E-state index contributed by atoms with van der Waals surface area (Å²) in [5, 5.41) is 3.13. The van der Waals surface area contributed by atoms with Gasteiger partial charge in [-0.15, -0.1) is 0 Å². The predicted molar refractivity (Wildman–Crippen MR) is 87.9 cm³/mol. The zero-order valence-corrected chi connectivity index (χ0v) is 14.2. The highest BCUT2D eigenvalue weighted by Crippen LogP contribution is 2.44. The molecule has 1 aromatic carbocycles. The third-order valence-electron chi connectivity index (χ3n) is 4.27. The Labute approximate surface area is 130 Å². The number of halogens is 1. The second-order valence-electron chi connectivity index (χ2n) is 6.50. The maximum Gasteiger partial charge on any atom is 0.230 e. The Morgan fingerprint density at radius 2 is 2.00 bits per heavy atom. The van der Waals surface area contributed by atoms with Crippen molar-refractivity contribution in [2.45, 2.75) is 52.9 Å². The lowest BCUT2D eigenvalue weighted by atomic mass is 9.77. The van der Waals surface area contributed by atoms with Crippen molar-refractivity contribution in [3.05, 3.63) is 28.2 Å². The first-order valence-electron chi connectivity index (χ1n) is 7.50. The highest BCUT2D eigenvalue weighted by Gasteiger charge is 2.41. The smallest absolute Gasteiger partial charge is 0.230 e. The van der Waals surface area contributed by atoms with E-state index >= 15 is 0 Å². The summed E-state index contributed by atoms with van der Waals surface area (Å²) in [6, 6.07) is 6.00. The van der Waals surface area contributed by atoms with E-state index < -0.39 is 0 Å². The molecule has 0 radical (unpaired) electrons. The zero-order chi connectivity index (χ0) is 14.8. The van der Waals surface area contributed by atoms with Gasteiger partial charge in [0, 0.05) is 15.6 Å². The number of nitrogens with one attached hydrogen (secondary N) is 1. The minimum Gasteiger partial charge on any atom is -0.326 e. The summed E-state index contributed by atoms with van der Waals surface area (Å²) in [5.74, 6) is 0.767. The van der Waals surface area contributed by atoms with Gasteiger partial charge in [0.05, 0.1) is 0 Å². The molecule has 1 saturated carbocycles. The molecule has 0 heterocycles. The fraction of sp³-hybridized carbons (Fsp3) is 0.588. The van der Waals surface area contributed by atoms with Crippen LogP contribution in [0.3, 0.4) is 0 Å². The molecule has 2 rings (SSSR count). The molecule has 0 bridgehead atoms. The van der Waals surface area contributed by atoms with Crippen LogP contribution in [-0.4, -0.2) is 5.91 Å². The van der Waals surface area contributed by atoms with Gasteiger partial charge >= 0.3 is 0 Å². The SMILES string of the molecule is Cc1ccc(NC(=O)C2(CC(C)C)CCCC2)cc1Br. The van der Waals surface area contributed by atoms with Crippen molar-refractivity contribution < 1.29 is 4.79 Å². The quantitative estimate of drug-likeness (QED) is 0.793. The topological polar surface area (TPSA) is 29.1 Å². The number of aryl methyl sites for hydroxylation is 1. The molecule has 3 heteroatoms. The highest BCUT2D eigenvalue weighted by atomic mass is 79.9. The van der Waals surface area contributed by atoms with Crippen LogP contribution in [0.1, 0.15) is 51.5 Å². The van der Waals surface area contributed by atoms with Crippen LogP contribution in [0.5, 0.6) is 0 Å². The van der Waals surface area contributed by atoms with E-state index in [-0.39, 0.29) is 11.3 Å². The second-order valence-corrected chi connectivity index (χ2v) is 7.36. The van der Waals surface area contributed by atoms with Crippen LogP contribution in [0.4, 0.5) is 5.69 Å². The third kappa shape index (κ3) is 3.43. The molecule has 1 aromatic rings. The molecule has 1 fully saturated rings. The van der Waals surface area contributed by atoms with Gasteiger partial charge in [-0.2, -0.15) is 0 Å². The van der Waals surface area contributed by atoms with E-state index in [1.165, 1.54) is 18.4 Å². The van der Waals surface area contributed by atoms with E-state index in [0.717, 1.165) is 29.4 Å². The van der Waals surface area contributed by atoms with Gasteiger partial charge in [0.1, 0.15) is 0 Å². The van der Waals surface area contributed by atoms with Gasteiger partial charge in [0.25, 0.3) is 0 Å². The van der Waals surface area contributed by atoms with Crippen LogP contribution < -0.4 is 5.32 Å². The largest absolute Gasteiger partial charge is 0.326 e. The van der Waals surface area contributed by atoms with Crippen molar-refractivity contribution in [3.63, 3.8) is 0 Å². The van der Waals surface area contributed by atoms with Gasteiger partial charge in [-0.05, 0) is 49.8 Å². The van der Waals surface area contributed by atoms with E-state index in [9.17, 15) is 4.79 Å². The Morgan fingerprint density at radius 1 is 1.35 bits per heavy atom. The van der Waals surface area contributed by atoms with E-state index in [4.69, 9.17) is 0 Å². The van der Waals surface area contributed by atoms with Crippen LogP contribution in [0.2, 0.25) is 0 Å². The summed E-state index contributed by atoms with van der Waals surface area (Å²) in [6.07, 6.45) is 5.41. The Hall–Kier alpha value is -0.830. The van der Waals surface area contributed by atoms with Crippen molar-refractivity contribution in [1.29, 1.82) is 0 Å². The van der Waals surface area contributed by atoms with Crippen molar-refractivity contribution in [3.8, 4) is 0 Å². The van der Waals surface area contributed by atoms with E-state index in [1.54, 1.807) is 0 Å². The highest BCUT2D eigenvalue weighted by molar-refractivity contribution is 9.10. The first-order valence-corrected chi connectivity index (χ1v) is 8.30. The van der Waals surface area contributed by atoms with Gasteiger partial charge < -0.3 is 5.32 Å². The molecule has 0 spiro atoms. The van der Waals surface area contributed by atoms with E-state index in [2.05, 4.69) is 35.1 Å². The van der Waals surface area contributed by atoms with Crippen LogP contribution in [0, 0.1) is 18.3 Å². The van der Waals surface area contributed by atoms with Gasteiger partial charge in [-0.25, -0.2) is 0 Å². The lowest BCUT2D eigenvalue weighted by Crippen LogP contribution is -2.35. The maximum absolute atomic E-state index is 12.7. The number of hydrogen-bond acceptors (Lipinski definition) is 1. The predicted octanol–water partition coefficient (Wildman–Crippen LogP) is 5.30. The molecule has 0 saturated heterocycles. The number of anilines is 1. The van der Waals surface area contributed by atoms with Crippen LogP contribution in [0.15, 0.2) is 22.7 Å². The Kier molecular flexibility index (Phi) is 4.90. The molecule has 0 aromatic heterocycles. The molecular formula is C17H24BrNO. The van der Waals surface area contributed by atoms with Crippen LogP contribution >= 0.6 is 15.9 Å². The first-order chi connectivity index (χ1) is 9.43. The minimum atomic E-state index is -0.147. The summed E-state index contributed by atoms with van der Waals surface area (Å²) >= 11 is 3.52. The maximum atomic E-state index is 12.7. The van der Waals surface area contributed by atoms with Gasteiger partial charge in [0.2, 0.25) is 5.91 Å². The number of benzene rings is 1. The molecule has 0 atom stereocenters. The molecular weight excluding hydrogens is 314 g/mol. The fourth-order valence-corrected chi connectivity index (χ4v) is 3.67. The van der Waals surface area contributed by atoms with Gasteiger partial charge in [0.15, 0.2) is 0 Å². The van der Waals surface area contributed by atoms with E-state index in [1.807, 2.05) is 25.1 Å². The molecule has 0 aliphatic heterocycles. The molecule has 0 unspecified atom stereocenters. The molecule has 2 nitrogen and oxygen atoms in total. The summed E-state index contributed by atoms with van der Waals surface area (Å²) in [5.41, 5.74) is 1.93. The number of rotatable bonds is 4. The fourth-order valence-electron chi connectivity index (χ4n) is 3.29. The summed E-state index contributed by atoms with van der Waals surface area (Å²) in [4.78, 5) is 12.7. The number of carbonyl (C=O) groups is 1. The number of hydrogen-bond donors (Lipinski definition) is 1. The Balaban J connectivity index is 2.14. The zero-order valence-electron chi connectivity index (χ0n) is 12.6. The summed E-state index contributed by atoms with van der Waals surface area (Å²) < 4.78 is 1.04. The minimum absolute atomic E-state index is 0.147. The van der Waals surface area contributed by atoms with Gasteiger partial charge in [-0.1, -0.05) is 48.7 Å². The van der Waals surface area contributed by atoms with Gasteiger partial charge in [-0.3, -0.25) is 4.79 Å². The lowest BCUT2D eigenvalue weighted by molar-refractivity contribution is -0.126. The first kappa shape index (κ1) is 15.6. The second kappa shape index (κ2) is 6.30. The standard InChI is InChI=1S/C17H24BrNO/c1-12(2)11-17(8-4-5-9-17)16(20)19-14-7-6-13(3)15(18)10-14/h6-7,10,12H,4-5,8-9,11H2,1-3H3,(H,19,20). The summed E-state index contributed by atoms with van der Waals surface area (Å²) in [7, 11) is 0. The summed E-state index contributed by atoms with van der Waals surface area (Å²) in [6.45, 7) is 6.46. The van der Waals surface area contributed by atoms with Crippen LogP contribution in [0.25, 0.3) is 0 Å². The lowest BCUT2D eigenvalue weighted by Gasteiger charge is -2.29. The van der Waals surface area contributed by atoms with Crippen molar-refractivity contribution in [2.24, 2.45) is 11.3 Å². The van der Waals surface area contributed by atoms with Crippen molar-refractivity contribution in [1.82, 2.24) is 0 Å². The number of amides is 1. The molecule has 20 heavy (non-hydrogen) atoms. The monoisotopic (exact) mass is 337 g/mol. The molecule has 1 N–H and O–H groups in total. The average Bonchev–Trinajstić information content (AvgIpc) is 2.83. The Bertz CT molecular complexity index is 490. The molecule has 110 valence electrons. The molecule has 1 amide bonds. The number of carbonyl (C=O) groups excluding carboxylic acids is 1. The third-order valence-corrected chi connectivity index (χ3v) is 5.13. The van der Waals surface area contributed by atoms with Crippen molar-refractivity contribution >= 4 is 27.5 Å². The molecule has 1 aliphatic rings.